The van der Waals surface area contributed by atoms with Crippen molar-refractivity contribution in [1.29, 1.82) is 0 Å². The molecule has 0 aromatic rings. The minimum absolute atomic E-state index is 0.292. The minimum atomic E-state index is 0.292. The molecule has 0 atom stereocenters. The third-order valence-corrected chi connectivity index (χ3v) is 5.12. The molecule has 1 saturated heterocycles. The van der Waals surface area contributed by atoms with Gasteiger partial charge in [-0.2, -0.15) is 0 Å². The van der Waals surface area contributed by atoms with E-state index in [1.807, 2.05) is 0 Å². The van der Waals surface area contributed by atoms with Crippen LogP contribution in [0.1, 0.15) is 45.4 Å². The second-order valence-electron chi connectivity index (χ2n) is 6.43. The van der Waals surface area contributed by atoms with Crippen LogP contribution in [-0.2, 0) is 4.74 Å². The van der Waals surface area contributed by atoms with E-state index < -0.39 is 0 Å². The molecule has 2 N–H and O–H groups in total. The van der Waals surface area contributed by atoms with Crippen LogP contribution < -0.4 is 5.73 Å². The number of hydrogen-bond acceptors (Lipinski definition) is 4. The quantitative estimate of drug-likeness (QED) is 0.772. The van der Waals surface area contributed by atoms with E-state index in [2.05, 4.69) is 16.7 Å². The van der Waals surface area contributed by atoms with Gasteiger partial charge in [-0.15, -0.1) is 0 Å². The fraction of sp³-hybridized carbons (Fsp3) is 1.00. The van der Waals surface area contributed by atoms with Gasteiger partial charge in [0.25, 0.3) is 0 Å². The molecule has 0 bridgehead atoms. The first-order chi connectivity index (χ1) is 9.80. The molecule has 1 aliphatic carbocycles. The Morgan fingerprint density at radius 3 is 2.40 bits per heavy atom. The van der Waals surface area contributed by atoms with Crippen molar-refractivity contribution in [2.45, 2.75) is 51.0 Å². The second kappa shape index (κ2) is 8.32. The van der Waals surface area contributed by atoms with E-state index in [1.165, 1.54) is 58.2 Å². The minimum Gasteiger partial charge on any atom is -0.379 e. The van der Waals surface area contributed by atoms with Gasteiger partial charge in [-0.1, -0.05) is 26.2 Å². The molecular weight excluding hydrogens is 250 g/mol. The summed E-state index contributed by atoms with van der Waals surface area (Å²) in [5, 5.41) is 0. The highest BCUT2D eigenvalue weighted by Gasteiger charge is 2.36. The van der Waals surface area contributed by atoms with Crippen LogP contribution in [-0.4, -0.2) is 67.8 Å². The van der Waals surface area contributed by atoms with E-state index in [-0.39, 0.29) is 0 Å². The maximum absolute atomic E-state index is 6.20. The van der Waals surface area contributed by atoms with Crippen molar-refractivity contribution in [3.05, 3.63) is 0 Å². The third-order valence-electron chi connectivity index (χ3n) is 5.12. The van der Waals surface area contributed by atoms with Crippen molar-refractivity contribution in [2.75, 3.05) is 52.5 Å². The van der Waals surface area contributed by atoms with Gasteiger partial charge in [-0.25, -0.2) is 0 Å². The number of morpholine rings is 1. The Bertz CT molecular complexity index is 260. The van der Waals surface area contributed by atoms with Gasteiger partial charge in [0, 0.05) is 38.3 Å². The van der Waals surface area contributed by atoms with Gasteiger partial charge in [-0.05, 0) is 25.8 Å². The van der Waals surface area contributed by atoms with E-state index in [1.54, 1.807) is 0 Å². The lowest BCUT2D eigenvalue weighted by Gasteiger charge is -2.47. The maximum Gasteiger partial charge on any atom is 0.0594 e. The average Bonchev–Trinajstić information content (AvgIpc) is 2.53. The predicted octanol–water partition coefficient (Wildman–Crippen LogP) is 1.69. The highest BCUT2D eigenvalue weighted by atomic mass is 16.5. The van der Waals surface area contributed by atoms with Crippen LogP contribution in [0.2, 0.25) is 0 Å². The fourth-order valence-electron chi connectivity index (χ4n) is 3.80. The molecule has 0 spiro atoms. The summed E-state index contributed by atoms with van der Waals surface area (Å²) >= 11 is 0. The van der Waals surface area contributed by atoms with Crippen molar-refractivity contribution >= 4 is 0 Å². The average molecular weight is 283 g/mol. The zero-order chi connectivity index (χ0) is 14.3. The Hall–Kier alpha value is -0.160. The van der Waals surface area contributed by atoms with E-state index in [4.69, 9.17) is 10.5 Å². The lowest BCUT2D eigenvalue weighted by atomic mass is 9.80. The van der Waals surface area contributed by atoms with Gasteiger partial charge in [0.1, 0.15) is 0 Å². The molecule has 0 aromatic carbocycles. The molecular formula is C16H33N3O. The molecule has 4 heteroatoms. The topological polar surface area (TPSA) is 41.7 Å². The van der Waals surface area contributed by atoms with Crippen LogP contribution in [0.15, 0.2) is 0 Å². The number of hydrogen-bond donors (Lipinski definition) is 1. The zero-order valence-corrected chi connectivity index (χ0v) is 13.3. The van der Waals surface area contributed by atoms with Crippen LogP contribution in [0.3, 0.4) is 0 Å². The van der Waals surface area contributed by atoms with Gasteiger partial charge >= 0.3 is 0 Å². The SMILES string of the molecule is CCCN(CCN1CCOCC1)C1(CN)CCCCC1. The number of ether oxygens (including phenoxy) is 1. The van der Waals surface area contributed by atoms with Crippen molar-refractivity contribution in [1.82, 2.24) is 9.80 Å². The van der Waals surface area contributed by atoms with Crippen LogP contribution >= 0.6 is 0 Å². The highest BCUT2D eigenvalue weighted by molar-refractivity contribution is 4.94. The smallest absolute Gasteiger partial charge is 0.0594 e. The van der Waals surface area contributed by atoms with Gasteiger partial charge < -0.3 is 10.5 Å². The lowest BCUT2D eigenvalue weighted by Crippen LogP contribution is -2.57. The Morgan fingerprint density at radius 2 is 1.80 bits per heavy atom. The van der Waals surface area contributed by atoms with Gasteiger partial charge in [-0.3, -0.25) is 9.80 Å². The molecule has 4 nitrogen and oxygen atoms in total. The molecule has 1 aliphatic heterocycles. The highest BCUT2D eigenvalue weighted by Crippen LogP contribution is 2.33. The van der Waals surface area contributed by atoms with Crippen LogP contribution in [0, 0.1) is 0 Å². The summed E-state index contributed by atoms with van der Waals surface area (Å²) in [5.41, 5.74) is 6.50. The number of nitrogens with zero attached hydrogens (tertiary/aromatic N) is 2. The monoisotopic (exact) mass is 283 g/mol. The standard InChI is InChI=1S/C16H33N3O/c1-2-8-19(10-9-18-11-13-20-14-12-18)16(15-17)6-4-3-5-7-16/h2-15,17H2,1H3. The summed E-state index contributed by atoms with van der Waals surface area (Å²) in [6, 6.07) is 0. The Balaban J connectivity index is 1.90. The normalized spacial score (nSPS) is 24.1. The summed E-state index contributed by atoms with van der Waals surface area (Å²) in [4.78, 5) is 5.25. The fourth-order valence-corrected chi connectivity index (χ4v) is 3.80. The third kappa shape index (κ3) is 4.17. The molecule has 1 saturated carbocycles. The van der Waals surface area contributed by atoms with Crippen molar-refractivity contribution in [3.63, 3.8) is 0 Å². The molecule has 2 rings (SSSR count). The second-order valence-corrected chi connectivity index (χ2v) is 6.43. The van der Waals surface area contributed by atoms with E-state index in [0.29, 0.717) is 5.54 Å². The van der Waals surface area contributed by atoms with Crippen molar-refractivity contribution < 1.29 is 4.74 Å². The van der Waals surface area contributed by atoms with Crippen molar-refractivity contribution in [2.24, 2.45) is 5.73 Å². The first kappa shape index (κ1) is 16.2. The molecule has 0 unspecified atom stereocenters. The first-order valence-electron chi connectivity index (χ1n) is 8.56. The summed E-state index contributed by atoms with van der Waals surface area (Å²) < 4.78 is 5.44. The molecule has 0 radical (unpaired) electrons. The maximum atomic E-state index is 6.20. The van der Waals surface area contributed by atoms with Crippen molar-refractivity contribution in [3.8, 4) is 0 Å². The number of rotatable bonds is 7. The van der Waals surface area contributed by atoms with Gasteiger partial charge in [0.05, 0.1) is 13.2 Å². The van der Waals surface area contributed by atoms with Gasteiger partial charge in [0.2, 0.25) is 0 Å². The number of nitrogens with two attached hydrogens (primary N) is 1. The summed E-state index contributed by atoms with van der Waals surface area (Å²) in [6.45, 7) is 10.6. The summed E-state index contributed by atoms with van der Waals surface area (Å²) in [6.07, 6.45) is 7.93. The van der Waals surface area contributed by atoms with Crippen LogP contribution in [0.5, 0.6) is 0 Å². The lowest BCUT2D eigenvalue weighted by molar-refractivity contribution is 0.0133. The summed E-state index contributed by atoms with van der Waals surface area (Å²) in [7, 11) is 0. The molecule has 0 aromatic heterocycles. The molecule has 2 fully saturated rings. The largest absolute Gasteiger partial charge is 0.379 e. The van der Waals surface area contributed by atoms with Crippen LogP contribution in [0.4, 0.5) is 0 Å². The van der Waals surface area contributed by atoms with E-state index in [9.17, 15) is 0 Å². The molecule has 20 heavy (non-hydrogen) atoms. The van der Waals surface area contributed by atoms with Gasteiger partial charge in [0.15, 0.2) is 0 Å². The Morgan fingerprint density at radius 1 is 1.10 bits per heavy atom. The Kier molecular flexibility index (Phi) is 6.75. The van der Waals surface area contributed by atoms with E-state index >= 15 is 0 Å². The first-order valence-corrected chi connectivity index (χ1v) is 8.56. The molecule has 0 amide bonds. The molecule has 1 heterocycles. The van der Waals surface area contributed by atoms with E-state index in [0.717, 1.165) is 32.8 Å². The zero-order valence-electron chi connectivity index (χ0n) is 13.3. The predicted molar refractivity (Wildman–Crippen MR) is 84.0 cm³/mol. The summed E-state index contributed by atoms with van der Waals surface area (Å²) in [5.74, 6) is 0. The Labute approximate surface area is 124 Å². The van der Waals surface area contributed by atoms with Crippen LogP contribution in [0.25, 0.3) is 0 Å². The molecule has 118 valence electrons. The molecule has 2 aliphatic rings.